The number of oxazole rings is 1. The summed E-state index contributed by atoms with van der Waals surface area (Å²) in [6, 6.07) is 13.5. The summed E-state index contributed by atoms with van der Waals surface area (Å²) in [5.41, 5.74) is 0.931. The van der Waals surface area contributed by atoms with E-state index in [1.165, 1.54) is 12.1 Å². The summed E-state index contributed by atoms with van der Waals surface area (Å²) in [7, 11) is -2.28. The van der Waals surface area contributed by atoms with Crippen molar-refractivity contribution < 1.29 is 22.3 Å². The van der Waals surface area contributed by atoms with Crippen LogP contribution in [0.4, 0.5) is 5.88 Å². The van der Waals surface area contributed by atoms with Crippen molar-refractivity contribution in [2.75, 3.05) is 38.3 Å². The van der Waals surface area contributed by atoms with Gasteiger partial charge in [-0.05, 0) is 42.0 Å². The molecule has 1 aliphatic heterocycles. The number of rotatable bonds is 6. The highest BCUT2D eigenvalue weighted by atomic mass is 35.5. The van der Waals surface area contributed by atoms with Gasteiger partial charge in [0.25, 0.3) is 0 Å². The number of anilines is 1. The summed E-state index contributed by atoms with van der Waals surface area (Å²) in [4.78, 5) is 6.37. The lowest BCUT2D eigenvalue weighted by atomic mass is 10.1. The summed E-state index contributed by atoms with van der Waals surface area (Å²) in [6.07, 6.45) is 0.359. The van der Waals surface area contributed by atoms with Gasteiger partial charge in [0.05, 0.1) is 25.2 Å². The number of benzene rings is 2. The minimum atomic E-state index is -3.88. The van der Waals surface area contributed by atoms with Crippen LogP contribution in [0.25, 0.3) is 0 Å². The van der Waals surface area contributed by atoms with Crippen molar-refractivity contribution in [3.8, 4) is 5.75 Å². The lowest BCUT2D eigenvalue weighted by Crippen LogP contribution is -2.36. The molecule has 3 aromatic rings. The van der Waals surface area contributed by atoms with Crippen LogP contribution in [-0.4, -0.2) is 46.8 Å². The Bertz CT molecular complexity index is 1110. The summed E-state index contributed by atoms with van der Waals surface area (Å²) in [5, 5.41) is 0.373. The predicted octanol–water partition coefficient (Wildman–Crippen LogP) is 3.60. The van der Waals surface area contributed by atoms with Crippen molar-refractivity contribution in [1.82, 2.24) is 4.98 Å². The highest BCUT2D eigenvalue weighted by Gasteiger charge is 2.31. The first-order valence-electron chi connectivity index (χ1n) is 9.43. The number of sulfone groups is 1. The van der Waals surface area contributed by atoms with Gasteiger partial charge >= 0.3 is 0 Å². The number of aromatic nitrogens is 1. The second kappa shape index (κ2) is 8.67. The van der Waals surface area contributed by atoms with Crippen molar-refractivity contribution in [3.63, 3.8) is 0 Å². The number of hydrogen-bond acceptors (Lipinski definition) is 7. The fourth-order valence-electron chi connectivity index (χ4n) is 3.20. The minimum Gasteiger partial charge on any atom is -0.497 e. The second-order valence-electron chi connectivity index (χ2n) is 6.80. The van der Waals surface area contributed by atoms with E-state index < -0.39 is 9.84 Å². The summed E-state index contributed by atoms with van der Waals surface area (Å²) >= 11 is 5.92. The fraction of sp³-hybridized carbons (Fsp3) is 0.286. The van der Waals surface area contributed by atoms with Gasteiger partial charge in [0.2, 0.25) is 26.6 Å². The molecule has 1 aliphatic rings. The van der Waals surface area contributed by atoms with E-state index in [4.69, 9.17) is 25.5 Å². The minimum absolute atomic E-state index is 0.0877. The molecular formula is C21H21ClN2O5S. The summed E-state index contributed by atoms with van der Waals surface area (Å²) in [6.45, 7) is 2.05. The lowest BCUT2D eigenvalue weighted by molar-refractivity contribution is 0.120. The van der Waals surface area contributed by atoms with Crippen molar-refractivity contribution in [2.45, 2.75) is 16.3 Å². The Morgan fingerprint density at radius 1 is 1.07 bits per heavy atom. The number of morpholine rings is 1. The molecule has 30 heavy (non-hydrogen) atoms. The molecule has 2 heterocycles. The molecule has 0 bridgehead atoms. The number of hydrogen-bond donors (Lipinski definition) is 0. The molecule has 0 atom stereocenters. The maximum atomic E-state index is 13.3. The van der Waals surface area contributed by atoms with E-state index in [0.717, 1.165) is 11.3 Å². The van der Waals surface area contributed by atoms with Crippen molar-refractivity contribution in [3.05, 3.63) is 65.0 Å². The molecule has 0 radical (unpaired) electrons. The van der Waals surface area contributed by atoms with Crippen LogP contribution < -0.4 is 9.64 Å². The number of methoxy groups -OCH3 is 1. The van der Waals surface area contributed by atoms with Gasteiger partial charge in [0.15, 0.2) is 0 Å². The molecule has 0 saturated carbocycles. The van der Waals surface area contributed by atoms with Gasteiger partial charge in [-0.1, -0.05) is 23.7 Å². The van der Waals surface area contributed by atoms with Crippen LogP contribution in [0.15, 0.2) is 62.9 Å². The molecule has 2 aromatic carbocycles. The zero-order chi connectivity index (χ0) is 21.1. The first kappa shape index (κ1) is 20.7. The molecule has 9 heteroatoms. The normalized spacial score (nSPS) is 14.7. The molecular weight excluding hydrogens is 428 g/mol. The standard InChI is InChI=1S/C21H21ClN2O5S/c1-27-17-6-2-15(3-7-17)14-19-23-20(21(29-19)24-10-12-28-13-11-24)30(25,26)18-8-4-16(22)5-9-18/h2-9H,10-14H2,1H3. The Balaban J connectivity index is 1.72. The molecule has 0 unspecified atom stereocenters. The first-order chi connectivity index (χ1) is 14.5. The van der Waals surface area contributed by atoms with E-state index in [0.29, 0.717) is 43.6 Å². The number of nitrogens with zero attached hydrogens (tertiary/aromatic N) is 2. The van der Waals surface area contributed by atoms with Gasteiger partial charge in [-0.2, -0.15) is 4.98 Å². The van der Waals surface area contributed by atoms with Crippen LogP contribution >= 0.6 is 11.6 Å². The quantitative estimate of drug-likeness (QED) is 0.569. The summed E-state index contributed by atoms with van der Waals surface area (Å²) < 4.78 is 43.2. The zero-order valence-electron chi connectivity index (χ0n) is 16.4. The van der Waals surface area contributed by atoms with Crippen molar-refractivity contribution in [1.29, 1.82) is 0 Å². The number of ether oxygens (including phenoxy) is 2. The average molecular weight is 449 g/mol. The molecule has 4 rings (SSSR count). The van der Waals surface area contributed by atoms with E-state index in [-0.39, 0.29) is 15.8 Å². The van der Waals surface area contributed by atoms with Gasteiger partial charge < -0.3 is 18.8 Å². The fourth-order valence-corrected chi connectivity index (χ4v) is 4.67. The second-order valence-corrected chi connectivity index (χ2v) is 9.10. The van der Waals surface area contributed by atoms with Gasteiger partial charge in [-0.25, -0.2) is 8.42 Å². The monoisotopic (exact) mass is 448 g/mol. The predicted molar refractivity (Wildman–Crippen MR) is 112 cm³/mol. The van der Waals surface area contributed by atoms with Gasteiger partial charge in [-0.3, -0.25) is 0 Å². The summed E-state index contributed by atoms with van der Waals surface area (Å²) in [5.74, 6) is 1.32. The Morgan fingerprint density at radius 3 is 2.37 bits per heavy atom. The molecule has 0 spiro atoms. The molecule has 0 aliphatic carbocycles. The molecule has 0 amide bonds. The molecule has 1 fully saturated rings. The average Bonchev–Trinajstić information content (AvgIpc) is 3.20. The van der Waals surface area contributed by atoms with E-state index in [1.54, 1.807) is 19.2 Å². The van der Waals surface area contributed by atoms with Crippen molar-refractivity contribution in [2.24, 2.45) is 0 Å². The molecule has 1 aromatic heterocycles. The third kappa shape index (κ3) is 4.30. The van der Waals surface area contributed by atoms with Crippen LogP contribution in [-0.2, 0) is 21.0 Å². The lowest BCUT2D eigenvalue weighted by Gasteiger charge is -2.26. The molecule has 7 nitrogen and oxygen atoms in total. The maximum absolute atomic E-state index is 13.3. The smallest absolute Gasteiger partial charge is 0.236 e. The van der Waals surface area contributed by atoms with Crippen LogP contribution in [0, 0.1) is 0 Å². The highest BCUT2D eigenvalue weighted by molar-refractivity contribution is 7.91. The van der Waals surface area contributed by atoms with E-state index in [9.17, 15) is 8.42 Å². The van der Waals surface area contributed by atoms with Crippen LogP contribution in [0.5, 0.6) is 5.75 Å². The third-order valence-electron chi connectivity index (χ3n) is 4.81. The molecule has 158 valence electrons. The largest absolute Gasteiger partial charge is 0.497 e. The Morgan fingerprint density at radius 2 is 1.73 bits per heavy atom. The van der Waals surface area contributed by atoms with Crippen LogP contribution in [0.2, 0.25) is 5.02 Å². The molecule has 0 N–H and O–H groups in total. The number of halogens is 1. The van der Waals surface area contributed by atoms with E-state index >= 15 is 0 Å². The van der Waals surface area contributed by atoms with Crippen LogP contribution in [0.3, 0.4) is 0 Å². The first-order valence-corrected chi connectivity index (χ1v) is 11.3. The third-order valence-corrected chi connectivity index (χ3v) is 6.73. The van der Waals surface area contributed by atoms with Gasteiger partial charge in [0, 0.05) is 24.5 Å². The highest BCUT2D eigenvalue weighted by Crippen LogP contribution is 2.32. The van der Waals surface area contributed by atoms with Gasteiger partial charge in [0.1, 0.15) is 5.75 Å². The Kier molecular flexibility index (Phi) is 5.99. The Hall–Kier alpha value is -2.55. The van der Waals surface area contributed by atoms with Crippen LogP contribution in [0.1, 0.15) is 11.5 Å². The SMILES string of the molecule is COc1ccc(Cc2nc(S(=O)(=O)c3ccc(Cl)cc3)c(N3CCOCC3)o2)cc1. The zero-order valence-corrected chi connectivity index (χ0v) is 17.9. The van der Waals surface area contributed by atoms with Crippen molar-refractivity contribution >= 4 is 27.3 Å². The maximum Gasteiger partial charge on any atom is 0.236 e. The van der Waals surface area contributed by atoms with E-state index in [2.05, 4.69) is 4.98 Å². The molecule has 1 saturated heterocycles. The van der Waals surface area contributed by atoms with E-state index in [1.807, 2.05) is 29.2 Å². The Labute approximate surface area is 180 Å². The van der Waals surface area contributed by atoms with Gasteiger partial charge in [-0.15, -0.1) is 0 Å². The topological polar surface area (TPSA) is 81.9 Å².